The van der Waals surface area contributed by atoms with Gasteiger partial charge in [0.1, 0.15) is 0 Å². The molecule has 3 aromatic rings. The van der Waals surface area contributed by atoms with Crippen LogP contribution in [0.25, 0.3) is 11.3 Å². The molecule has 1 aliphatic rings. The molecule has 5 nitrogen and oxygen atoms in total. The molecule has 1 amide bonds. The SMILES string of the molecule is Cc1ccccc1[C@@H]1CCN(C(=O)c2cc(-c3cccnc3)on2)CCS1. The van der Waals surface area contributed by atoms with E-state index in [0.717, 1.165) is 30.8 Å². The minimum Gasteiger partial charge on any atom is -0.355 e. The van der Waals surface area contributed by atoms with Crippen molar-refractivity contribution in [2.75, 3.05) is 18.8 Å². The molecule has 1 aromatic carbocycles. The Kier molecular flexibility index (Phi) is 5.25. The summed E-state index contributed by atoms with van der Waals surface area (Å²) in [6.07, 6.45) is 4.34. The molecule has 4 rings (SSSR count). The van der Waals surface area contributed by atoms with E-state index in [2.05, 4.69) is 41.3 Å². The van der Waals surface area contributed by atoms with Gasteiger partial charge in [-0.1, -0.05) is 29.4 Å². The quantitative estimate of drug-likeness (QED) is 0.676. The van der Waals surface area contributed by atoms with E-state index >= 15 is 0 Å². The van der Waals surface area contributed by atoms with E-state index in [1.165, 1.54) is 11.1 Å². The van der Waals surface area contributed by atoms with Crippen LogP contribution in [0.5, 0.6) is 0 Å². The van der Waals surface area contributed by atoms with Crippen molar-refractivity contribution in [3.8, 4) is 11.3 Å². The third kappa shape index (κ3) is 3.90. The van der Waals surface area contributed by atoms with Crippen LogP contribution in [0.3, 0.4) is 0 Å². The summed E-state index contributed by atoms with van der Waals surface area (Å²) in [5.74, 6) is 1.41. The Morgan fingerprint density at radius 3 is 2.93 bits per heavy atom. The van der Waals surface area contributed by atoms with Crippen molar-refractivity contribution in [2.24, 2.45) is 0 Å². The Hall–Kier alpha value is -2.60. The fourth-order valence-corrected chi connectivity index (χ4v) is 4.68. The number of rotatable bonds is 3. The molecule has 6 heteroatoms. The van der Waals surface area contributed by atoms with Crippen molar-refractivity contribution in [1.82, 2.24) is 15.0 Å². The van der Waals surface area contributed by atoms with Gasteiger partial charge in [-0.25, -0.2) is 0 Å². The number of carbonyl (C=O) groups excluding carboxylic acids is 1. The number of pyridine rings is 1. The van der Waals surface area contributed by atoms with Crippen LogP contribution in [-0.2, 0) is 0 Å². The van der Waals surface area contributed by atoms with Gasteiger partial charge in [0.15, 0.2) is 11.5 Å². The van der Waals surface area contributed by atoms with E-state index in [0.29, 0.717) is 16.7 Å². The van der Waals surface area contributed by atoms with Crippen molar-refractivity contribution in [2.45, 2.75) is 18.6 Å². The first kappa shape index (κ1) is 17.8. The summed E-state index contributed by atoms with van der Waals surface area (Å²) in [4.78, 5) is 18.8. The number of hydrogen-bond donors (Lipinski definition) is 0. The van der Waals surface area contributed by atoms with Crippen LogP contribution in [0.15, 0.2) is 59.4 Å². The second-order valence-corrected chi connectivity index (χ2v) is 7.93. The van der Waals surface area contributed by atoms with Crippen molar-refractivity contribution < 1.29 is 9.32 Å². The van der Waals surface area contributed by atoms with Crippen LogP contribution in [0.1, 0.15) is 33.3 Å². The van der Waals surface area contributed by atoms with Crippen LogP contribution in [0.2, 0.25) is 0 Å². The number of hydrogen-bond acceptors (Lipinski definition) is 5. The molecule has 138 valence electrons. The normalized spacial score (nSPS) is 17.5. The lowest BCUT2D eigenvalue weighted by Crippen LogP contribution is -2.33. The van der Waals surface area contributed by atoms with E-state index in [1.807, 2.05) is 28.8 Å². The number of amides is 1. The summed E-state index contributed by atoms with van der Waals surface area (Å²) in [5, 5.41) is 4.41. The molecular weight excluding hydrogens is 358 g/mol. The molecule has 1 aliphatic heterocycles. The lowest BCUT2D eigenvalue weighted by molar-refractivity contribution is 0.0756. The number of aromatic nitrogens is 2. The monoisotopic (exact) mass is 379 g/mol. The van der Waals surface area contributed by atoms with E-state index in [-0.39, 0.29) is 5.91 Å². The summed E-state index contributed by atoms with van der Waals surface area (Å²) >= 11 is 1.92. The van der Waals surface area contributed by atoms with Gasteiger partial charge in [-0.15, -0.1) is 0 Å². The molecular formula is C21H21N3O2S. The molecule has 0 spiro atoms. The van der Waals surface area contributed by atoms with Gasteiger partial charge in [0.2, 0.25) is 0 Å². The van der Waals surface area contributed by atoms with Gasteiger partial charge in [0.05, 0.1) is 0 Å². The predicted molar refractivity (Wildman–Crippen MR) is 107 cm³/mol. The molecule has 0 saturated carbocycles. The molecule has 0 unspecified atom stereocenters. The Labute approximate surface area is 162 Å². The largest absolute Gasteiger partial charge is 0.355 e. The molecule has 3 heterocycles. The first-order valence-electron chi connectivity index (χ1n) is 9.06. The number of thioether (sulfide) groups is 1. The van der Waals surface area contributed by atoms with Crippen molar-refractivity contribution in [3.05, 3.63) is 71.7 Å². The summed E-state index contributed by atoms with van der Waals surface area (Å²) in [6, 6.07) is 13.9. The van der Waals surface area contributed by atoms with Gasteiger partial charge in [-0.05, 0) is 36.6 Å². The third-order valence-electron chi connectivity index (χ3n) is 4.84. The average molecular weight is 379 g/mol. The minimum atomic E-state index is -0.0695. The number of carbonyl (C=O) groups is 1. The molecule has 27 heavy (non-hydrogen) atoms. The molecule has 0 bridgehead atoms. The summed E-state index contributed by atoms with van der Waals surface area (Å²) in [5.41, 5.74) is 3.85. The molecule has 0 radical (unpaired) electrons. The zero-order chi connectivity index (χ0) is 18.6. The summed E-state index contributed by atoms with van der Waals surface area (Å²) < 4.78 is 5.36. The molecule has 1 fully saturated rings. The molecule has 1 atom stereocenters. The van der Waals surface area contributed by atoms with Crippen LogP contribution in [0, 0.1) is 6.92 Å². The summed E-state index contributed by atoms with van der Waals surface area (Å²) in [7, 11) is 0. The van der Waals surface area contributed by atoms with Gasteiger partial charge < -0.3 is 9.42 Å². The lowest BCUT2D eigenvalue weighted by atomic mass is 10.0. The maximum atomic E-state index is 12.9. The van der Waals surface area contributed by atoms with Crippen LogP contribution < -0.4 is 0 Å². The third-order valence-corrected chi connectivity index (χ3v) is 6.15. The van der Waals surface area contributed by atoms with E-state index in [4.69, 9.17) is 4.52 Å². The Morgan fingerprint density at radius 1 is 1.22 bits per heavy atom. The Morgan fingerprint density at radius 2 is 2.11 bits per heavy atom. The maximum absolute atomic E-state index is 12.9. The van der Waals surface area contributed by atoms with E-state index in [1.54, 1.807) is 18.5 Å². The first-order valence-corrected chi connectivity index (χ1v) is 10.1. The van der Waals surface area contributed by atoms with Gasteiger partial charge in [-0.3, -0.25) is 9.78 Å². The minimum absolute atomic E-state index is 0.0695. The molecule has 0 aliphatic carbocycles. The topological polar surface area (TPSA) is 59.2 Å². The molecule has 0 N–H and O–H groups in total. The average Bonchev–Trinajstić information content (AvgIpc) is 3.07. The fourth-order valence-electron chi connectivity index (χ4n) is 3.35. The van der Waals surface area contributed by atoms with Crippen molar-refractivity contribution >= 4 is 17.7 Å². The highest BCUT2D eigenvalue weighted by Gasteiger charge is 2.25. The highest BCUT2D eigenvalue weighted by Crippen LogP contribution is 2.36. The van der Waals surface area contributed by atoms with Crippen molar-refractivity contribution in [1.29, 1.82) is 0 Å². The van der Waals surface area contributed by atoms with Crippen LogP contribution in [0.4, 0.5) is 0 Å². The molecule has 2 aromatic heterocycles. The standard InChI is InChI=1S/C21H21N3O2S/c1-15-5-2-3-7-17(15)20-8-10-24(11-12-27-20)21(25)18-13-19(26-23-18)16-6-4-9-22-14-16/h2-7,9,13-14,20H,8,10-12H2,1H3/t20-/m0/s1. The predicted octanol–water partition coefficient (Wildman–Crippen LogP) is 4.37. The zero-order valence-corrected chi connectivity index (χ0v) is 16.0. The van der Waals surface area contributed by atoms with Gasteiger partial charge >= 0.3 is 0 Å². The second-order valence-electron chi connectivity index (χ2n) is 6.61. The molecule has 1 saturated heterocycles. The lowest BCUT2D eigenvalue weighted by Gasteiger charge is -2.19. The highest BCUT2D eigenvalue weighted by molar-refractivity contribution is 7.99. The van der Waals surface area contributed by atoms with E-state index < -0.39 is 0 Å². The maximum Gasteiger partial charge on any atom is 0.276 e. The first-order chi connectivity index (χ1) is 13.2. The second kappa shape index (κ2) is 7.96. The fraction of sp³-hybridized carbons (Fsp3) is 0.286. The van der Waals surface area contributed by atoms with Gasteiger partial charge in [0.25, 0.3) is 5.91 Å². The van der Waals surface area contributed by atoms with Crippen LogP contribution in [-0.4, -0.2) is 39.8 Å². The highest BCUT2D eigenvalue weighted by atomic mass is 32.2. The number of aryl methyl sites for hydroxylation is 1. The smallest absolute Gasteiger partial charge is 0.276 e. The number of benzene rings is 1. The summed E-state index contributed by atoms with van der Waals surface area (Å²) in [6.45, 7) is 3.60. The number of nitrogens with zero attached hydrogens (tertiary/aromatic N) is 3. The van der Waals surface area contributed by atoms with E-state index in [9.17, 15) is 4.79 Å². The van der Waals surface area contributed by atoms with Crippen LogP contribution >= 0.6 is 11.8 Å². The zero-order valence-electron chi connectivity index (χ0n) is 15.2. The van der Waals surface area contributed by atoms with Crippen molar-refractivity contribution in [3.63, 3.8) is 0 Å². The Balaban J connectivity index is 1.46. The van der Waals surface area contributed by atoms with Gasteiger partial charge in [0, 0.05) is 48.1 Å². The Bertz CT molecular complexity index is 926. The van der Waals surface area contributed by atoms with Gasteiger partial charge in [-0.2, -0.15) is 11.8 Å².